The third-order valence-electron chi connectivity index (χ3n) is 5.85. The maximum Gasteiger partial charge on any atom is 0.327 e. The fourth-order valence-corrected chi connectivity index (χ4v) is 4.22. The Hall–Kier alpha value is -3.21. The van der Waals surface area contributed by atoms with Crippen LogP contribution in [0.3, 0.4) is 0 Å². The number of phenols is 1. The number of ether oxygens (including phenoxy) is 2. The van der Waals surface area contributed by atoms with Gasteiger partial charge >= 0.3 is 11.9 Å². The van der Waals surface area contributed by atoms with Gasteiger partial charge in [-0.2, -0.15) is 0 Å². The molecular weight excluding hydrogens is 418 g/mol. The van der Waals surface area contributed by atoms with Crippen LogP contribution in [-0.2, 0) is 20.9 Å². The van der Waals surface area contributed by atoms with Crippen LogP contribution in [0.25, 0.3) is 0 Å². The number of aliphatic carboxylic acids is 1. The first kappa shape index (κ1) is 23.5. The van der Waals surface area contributed by atoms with E-state index in [2.05, 4.69) is 20.8 Å². The maximum atomic E-state index is 11.8. The largest absolute Gasteiger partial charge is 0.504 e. The molecule has 2 atom stereocenters. The molecule has 0 aliphatic heterocycles. The minimum absolute atomic E-state index is 0.0676. The average Bonchev–Trinajstić information content (AvgIpc) is 3.24. The van der Waals surface area contributed by atoms with Crippen LogP contribution >= 0.6 is 0 Å². The molecule has 1 saturated carbocycles. The number of aromatic nitrogens is 4. The molecule has 1 heterocycles. The van der Waals surface area contributed by atoms with Crippen LogP contribution < -0.4 is 10.1 Å². The summed E-state index contributed by atoms with van der Waals surface area (Å²) in [6, 6.07) is 3.86. The van der Waals surface area contributed by atoms with E-state index in [0.29, 0.717) is 17.1 Å². The molecule has 0 bridgehead atoms. The van der Waals surface area contributed by atoms with Crippen molar-refractivity contribution in [1.29, 1.82) is 0 Å². The van der Waals surface area contributed by atoms with Gasteiger partial charge in [0.1, 0.15) is 6.54 Å². The maximum absolute atomic E-state index is 11.8. The molecule has 11 heteroatoms. The lowest BCUT2D eigenvalue weighted by Gasteiger charge is -2.33. The second-order valence-corrected chi connectivity index (χ2v) is 7.90. The molecule has 1 aromatic carbocycles. The Kier molecular flexibility index (Phi) is 7.98. The first-order valence-corrected chi connectivity index (χ1v) is 10.6. The molecule has 0 saturated heterocycles. The van der Waals surface area contributed by atoms with Crippen LogP contribution in [-0.4, -0.2) is 62.6 Å². The minimum Gasteiger partial charge on any atom is -0.504 e. The van der Waals surface area contributed by atoms with Crippen molar-refractivity contribution in [3.05, 3.63) is 29.6 Å². The number of phenolic OH excluding ortho intramolecular Hbond substituents is 1. The summed E-state index contributed by atoms with van der Waals surface area (Å²) in [4.78, 5) is 23.5. The third kappa shape index (κ3) is 5.72. The van der Waals surface area contributed by atoms with E-state index in [1.54, 1.807) is 12.1 Å². The number of benzene rings is 1. The molecule has 174 valence electrons. The van der Waals surface area contributed by atoms with Crippen molar-refractivity contribution >= 4 is 11.9 Å². The van der Waals surface area contributed by atoms with Gasteiger partial charge in [-0.15, -0.1) is 5.10 Å². The Morgan fingerprint density at radius 3 is 2.62 bits per heavy atom. The highest BCUT2D eigenvalue weighted by molar-refractivity contribution is 5.69. The zero-order valence-corrected chi connectivity index (χ0v) is 18.2. The van der Waals surface area contributed by atoms with Crippen molar-refractivity contribution in [1.82, 2.24) is 25.5 Å². The lowest BCUT2D eigenvalue weighted by molar-refractivity contribution is -0.141. The highest BCUT2D eigenvalue weighted by Crippen LogP contribution is 2.34. The Labute approximate surface area is 185 Å². The van der Waals surface area contributed by atoms with E-state index in [-0.39, 0.29) is 30.7 Å². The van der Waals surface area contributed by atoms with E-state index in [4.69, 9.17) is 9.47 Å². The van der Waals surface area contributed by atoms with Gasteiger partial charge in [-0.1, -0.05) is 25.3 Å². The molecule has 11 nitrogen and oxygen atoms in total. The number of carboxylic acid groups (broad SMARTS) is 1. The lowest BCUT2D eigenvalue weighted by atomic mass is 9.82. The van der Waals surface area contributed by atoms with Gasteiger partial charge in [-0.25, -0.2) is 4.68 Å². The van der Waals surface area contributed by atoms with Crippen molar-refractivity contribution in [2.45, 2.75) is 57.2 Å². The van der Waals surface area contributed by atoms with Crippen molar-refractivity contribution in [3.63, 3.8) is 0 Å². The molecule has 1 fully saturated rings. The topological polar surface area (TPSA) is 149 Å². The Bertz CT molecular complexity index is 927. The van der Waals surface area contributed by atoms with E-state index >= 15 is 0 Å². The molecule has 3 rings (SSSR count). The van der Waals surface area contributed by atoms with Crippen LogP contribution in [0.1, 0.15) is 56.0 Å². The summed E-state index contributed by atoms with van der Waals surface area (Å²) in [6.07, 6.45) is 5.04. The quantitative estimate of drug-likeness (QED) is 0.459. The minimum atomic E-state index is -0.904. The lowest BCUT2D eigenvalue weighted by Crippen LogP contribution is -2.42. The summed E-state index contributed by atoms with van der Waals surface area (Å²) in [5.74, 6) is -0.708. The normalized spacial score (nSPS) is 16.3. The van der Waals surface area contributed by atoms with E-state index in [0.717, 1.165) is 32.1 Å². The summed E-state index contributed by atoms with van der Waals surface area (Å²) in [7, 11) is 2.73. The van der Waals surface area contributed by atoms with E-state index in [1.807, 2.05) is 0 Å². The van der Waals surface area contributed by atoms with Crippen LogP contribution in [0.15, 0.2) is 18.2 Å². The number of hydrogen-bond acceptors (Lipinski definition) is 9. The summed E-state index contributed by atoms with van der Waals surface area (Å²) in [5.41, 5.74) is 0.607. The van der Waals surface area contributed by atoms with Crippen molar-refractivity contribution < 1.29 is 29.3 Å². The number of aromatic hydroxyl groups is 1. The van der Waals surface area contributed by atoms with Gasteiger partial charge in [0.2, 0.25) is 0 Å². The fraction of sp³-hybridized carbons (Fsp3) is 0.571. The van der Waals surface area contributed by atoms with Gasteiger partial charge in [0.05, 0.1) is 26.7 Å². The zero-order chi connectivity index (χ0) is 23.1. The zero-order valence-electron chi connectivity index (χ0n) is 18.2. The first-order valence-electron chi connectivity index (χ1n) is 10.6. The number of carbonyl (C=O) groups excluding carboxylic acids is 1. The number of nitrogens with one attached hydrogen (secondary N) is 1. The van der Waals surface area contributed by atoms with Crippen LogP contribution in [0.2, 0.25) is 0 Å². The van der Waals surface area contributed by atoms with Gasteiger partial charge in [0.25, 0.3) is 0 Å². The predicted molar refractivity (Wildman–Crippen MR) is 112 cm³/mol. The molecule has 0 spiro atoms. The molecule has 0 amide bonds. The smallest absolute Gasteiger partial charge is 0.327 e. The van der Waals surface area contributed by atoms with Crippen LogP contribution in [0.4, 0.5) is 0 Å². The monoisotopic (exact) mass is 447 g/mol. The third-order valence-corrected chi connectivity index (χ3v) is 5.85. The molecule has 3 N–H and O–H groups in total. The Balaban J connectivity index is 1.99. The van der Waals surface area contributed by atoms with Crippen molar-refractivity contribution in [3.8, 4) is 11.5 Å². The second-order valence-electron chi connectivity index (χ2n) is 7.90. The number of esters is 1. The van der Waals surface area contributed by atoms with E-state index < -0.39 is 18.0 Å². The van der Waals surface area contributed by atoms with Gasteiger partial charge in [0.15, 0.2) is 17.3 Å². The second kappa shape index (κ2) is 10.9. The van der Waals surface area contributed by atoms with Crippen molar-refractivity contribution in [2.24, 2.45) is 5.92 Å². The van der Waals surface area contributed by atoms with E-state index in [9.17, 15) is 19.8 Å². The SMILES string of the molecule is COC(=O)Cn1nnnc1C(NC(CC(=O)O)C1CCCCC1)c1ccc(OC)c(O)c1. The van der Waals surface area contributed by atoms with E-state index in [1.165, 1.54) is 25.0 Å². The van der Waals surface area contributed by atoms with Crippen LogP contribution in [0, 0.1) is 5.92 Å². The summed E-state index contributed by atoms with van der Waals surface area (Å²) in [6.45, 7) is -0.202. The fourth-order valence-electron chi connectivity index (χ4n) is 4.22. The van der Waals surface area contributed by atoms with Crippen LogP contribution in [0.5, 0.6) is 11.5 Å². The standard InChI is InChI=1S/C21H29N5O6/c1-31-17-9-8-14(10-16(17)27)20(21-23-24-25-26(21)12-19(30)32-2)22-15(11-18(28)29)13-6-4-3-5-7-13/h8-10,13,15,20,22,27H,3-7,11-12H2,1-2H3,(H,28,29). The molecule has 32 heavy (non-hydrogen) atoms. The number of carboxylic acids is 1. The molecule has 2 unspecified atom stereocenters. The summed E-state index contributed by atoms with van der Waals surface area (Å²) in [5, 5.41) is 35.0. The van der Waals surface area contributed by atoms with Crippen molar-refractivity contribution in [2.75, 3.05) is 14.2 Å². The Morgan fingerprint density at radius 2 is 2.00 bits per heavy atom. The Morgan fingerprint density at radius 1 is 1.25 bits per heavy atom. The summed E-state index contributed by atoms with van der Waals surface area (Å²) < 4.78 is 11.2. The highest BCUT2D eigenvalue weighted by atomic mass is 16.5. The number of rotatable bonds is 10. The molecular formula is C21H29N5O6. The average molecular weight is 447 g/mol. The molecule has 1 aliphatic carbocycles. The van der Waals surface area contributed by atoms with Gasteiger partial charge < -0.3 is 19.7 Å². The highest BCUT2D eigenvalue weighted by Gasteiger charge is 2.32. The van der Waals surface area contributed by atoms with Gasteiger partial charge in [0, 0.05) is 6.04 Å². The first-order chi connectivity index (χ1) is 15.4. The number of tetrazole rings is 1. The summed E-state index contributed by atoms with van der Waals surface area (Å²) >= 11 is 0. The number of nitrogens with zero attached hydrogens (tertiary/aromatic N) is 4. The van der Waals surface area contributed by atoms with Gasteiger partial charge in [-0.05, 0) is 46.9 Å². The molecule has 1 aliphatic rings. The molecule has 0 radical (unpaired) electrons. The number of methoxy groups -OCH3 is 2. The molecule has 2 aromatic rings. The van der Waals surface area contributed by atoms with Gasteiger partial charge in [-0.3, -0.25) is 14.9 Å². The number of carbonyl (C=O) groups is 2. The number of hydrogen-bond donors (Lipinski definition) is 3. The predicted octanol–water partition coefficient (Wildman–Crippen LogP) is 1.66. The molecule has 1 aromatic heterocycles.